The largest absolute Gasteiger partial charge is 0.468 e. The molecular formula is C21H23F3N4O4. The molecule has 11 heteroatoms. The molecule has 0 saturated heterocycles. The van der Waals surface area contributed by atoms with Crippen molar-refractivity contribution in [1.29, 1.82) is 0 Å². The van der Waals surface area contributed by atoms with Crippen LogP contribution in [0.3, 0.4) is 0 Å². The van der Waals surface area contributed by atoms with E-state index in [1.54, 1.807) is 26.8 Å². The van der Waals surface area contributed by atoms with Gasteiger partial charge in [-0.05, 0) is 38.5 Å². The smallest absolute Gasteiger partial charge is 0.422 e. The minimum Gasteiger partial charge on any atom is -0.468 e. The summed E-state index contributed by atoms with van der Waals surface area (Å²) in [5, 5.41) is 11.8. The number of aliphatic hydroxyl groups is 1. The molecule has 2 atom stereocenters. The van der Waals surface area contributed by atoms with Gasteiger partial charge < -0.3 is 20.1 Å². The number of aromatic nitrogens is 2. The van der Waals surface area contributed by atoms with Gasteiger partial charge in [0.1, 0.15) is 5.69 Å². The van der Waals surface area contributed by atoms with Crippen LogP contribution in [0.5, 0.6) is 5.88 Å². The van der Waals surface area contributed by atoms with E-state index in [0.29, 0.717) is 22.3 Å². The number of amides is 2. The molecule has 0 fully saturated rings. The zero-order chi connectivity index (χ0) is 23.6. The van der Waals surface area contributed by atoms with Crippen LogP contribution in [0, 0.1) is 6.92 Å². The Hall–Kier alpha value is -3.21. The van der Waals surface area contributed by atoms with Crippen molar-refractivity contribution >= 4 is 11.8 Å². The molecule has 1 aliphatic heterocycles. The summed E-state index contributed by atoms with van der Waals surface area (Å²) in [5.74, 6) is -0.918. The minimum atomic E-state index is -4.47. The minimum absolute atomic E-state index is 0.107. The number of hydrogen-bond donors (Lipinski definition) is 2. The number of aliphatic hydroxyl groups excluding tert-OH is 1. The van der Waals surface area contributed by atoms with Crippen LogP contribution in [0.4, 0.5) is 13.2 Å². The molecule has 0 saturated carbocycles. The third-order valence-corrected chi connectivity index (χ3v) is 5.12. The molecule has 32 heavy (non-hydrogen) atoms. The average molecular weight is 452 g/mol. The van der Waals surface area contributed by atoms with E-state index in [2.05, 4.69) is 15.3 Å². The molecule has 0 aromatic carbocycles. The van der Waals surface area contributed by atoms with Gasteiger partial charge in [-0.2, -0.15) is 13.2 Å². The summed E-state index contributed by atoms with van der Waals surface area (Å²) in [6.07, 6.45) is -1.73. The first-order valence-electron chi connectivity index (χ1n) is 9.88. The SMILES string of the molecule is Cc1cc(C(C)N2Cc3c(ccnc3C(=O)NC(C)CO)C2=O)cnc1OCC(F)(F)F. The van der Waals surface area contributed by atoms with Crippen LogP contribution in [0.25, 0.3) is 0 Å². The molecule has 0 radical (unpaired) electrons. The molecule has 2 aromatic rings. The fourth-order valence-corrected chi connectivity index (χ4v) is 3.39. The lowest BCUT2D eigenvalue weighted by atomic mass is 10.1. The number of ether oxygens (including phenoxy) is 1. The zero-order valence-electron chi connectivity index (χ0n) is 17.7. The first-order chi connectivity index (χ1) is 15.0. The molecule has 0 aliphatic carbocycles. The predicted octanol–water partition coefficient (Wildman–Crippen LogP) is 2.55. The van der Waals surface area contributed by atoms with Crippen molar-refractivity contribution in [3.63, 3.8) is 0 Å². The molecule has 172 valence electrons. The predicted molar refractivity (Wildman–Crippen MR) is 107 cm³/mol. The third-order valence-electron chi connectivity index (χ3n) is 5.12. The molecule has 2 unspecified atom stereocenters. The second kappa shape index (κ2) is 9.11. The number of nitrogens with zero attached hydrogens (tertiary/aromatic N) is 3. The van der Waals surface area contributed by atoms with Crippen LogP contribution in [-0.4, -0.2) is 57.2 Å². The van der Waals surface area contributed by atoms with Gasteiger partial charge in [0.25, 0.3) is 11.8 Å². The van der Waals surface area contributed by atoms with Gasteiger partial charge in [-0.25, -0.2) is 4.98 Å². The van der Waals surface area contributed by atoms with E-state index in [1.807, 2.05) is 0 Å². The Balaban J connectivity index is 1.80. The number of fused-ring (bicyclic) bond motifs is 1. The fourth-order valence-electron chi connectivity index (χ4n) is 3.39. The van der Waals surface area contributed by atoms with Gasteiger partial charge in [0.05, 0.1) is 12.6 Å². The lowest BCUT2D eigenvalue weighted by Gasteiger charge is -2.25. The zero-order valence-corrected chi connectivity index (χ0v) is 17.7. The van der Waals surface area contributed by atoms with Crippen LogP contribution in [0.1, 0.15) is 57.4 Å². The summed E-state index contributed by atoms with van der Waals surface area (Å²) in [4.78, 5) is 35.1. The van der Waals surface area contributed by atoms with Crippen molar-refractivity contribution in [2.45, 2.75) is 45.6 Å². The van der Waals surface area contributed by atoms with E-state index >= 15 is 0 Å². The van der Waals surface area contributed by atoms with Crippen LogP contribution in [-0.2, 0) is 6.54 Å². The summed E-state index contributed by atoms with van der Waals surface area (Å²) < 4.78 is 41.9. The molecule has 0 spiro atoms. The Kier molecular flexibility index (Phi) is 6.68. The van der Waals surface area contributed by atoms with Gasteiger partial charge in [-0.1, -0.05) is 0 Å². The normalized spacial score (nSPS) is 15.3. The first kappa shape index (κ1) is 23.5. The highest BCUT2D eigenvalue weighted by Gasteiger charge is 2.35. The number of halogens is 3. The summed E-state index contributed by atoms with van der Waals surface area (Å²) in [5.41, 5.74) is 1.94. The Morgan fingerprint density at radius 1 is 1.34 bits per heavy atom. The topological polar surface area (TPSA) is 105 Å². The molecule has 0 bridgehead atoms. The van der Waals surface area contributed by atoms with Crippen molar-refractivity contribution in [3.05, 3.63) is 52.5 Å². The van der Waals surface area contributed by atoms with Crippen molar-refractivity contribution in [3.8, 4) is 5.88 Å². The first-order valence-corrected chi connectivity index (χ1v) is 9.88. The van der Waals surface area contributed by atoms with Crippen LogP contribution in [0.15, 0.2) is 24.5 Å². The number of pyridine rings is 2. The second-order valence-corrected chi connectivity index (χ2v) is 7.65. The lowest BCUT2D eigenvalue weighted by molar-refractivity contribution is -0.154. The standard InChI is InChI=1S/C21H23F3N4O4/c1-11-6-14(7-26-19(11)32-10-21(22,23)24)13(3)28-8-16-15(20(28)31)4-5-25-17(16)18(30)27-12(2)9-29/h4-7,12-13,29H,8-10H2,1-3H3,(H,27,30). The van der Waals surface area contributed by atoms with Crippen molar-refractivity contribution < 1.29 is 32.6 Å². The van der Waals surface area contributed by atoms with E-state index in [0.717, 1.165) is 0 Å². The maximum atomic E-state index is 13.0. The quantitative estimate of drug-likeness (QED) is 0.669. The lowest BCUT2D eigenvalue weighted by Crippen LogP contribution is -2.36. The molecule has 3 heterocycles. The van der Waals surface area contributed by atoms with Crippen LogP contribution < -0.4 is 10.1 Å². The van der Waals surface area contributed by atoms with Crippen LogP contribution >= 0.6 is 0 Å². The monoisotopic (exact) mass is 452 g/mol. The van der Waals surface area contributed by atoms with Crippen LogP contribution in [0.2, 0.25) is 0 Å². The summed E-state index contributed by atoms with van der Waals surface area (Å²) in [6, 6.07) is 2.22. The second-order valence-electron chi connectivity index (χ2n) is 7.65. The summed E-state index contributed by atoms with van der Waals surface area (Å²) >= 11 is 0. The Morgan fingerprint density at radius 3 is 2.69 bits per heavy atom. The highest BCUT2D eigenvalue weighted by atomic mass is 19.4. The number of hydrogen-bond acceptors (Lipinski definition) is 6. The fraction of sp³-hybridized carbons (Fsp3) is 0.429. The van der Waals surface area contributed by atoms with Gasteiger partial charge in [0.15, 0.2) is 6.61 Å². The van der Waals surface area contributed by atoms with E-state index in [1.165, 1.54) is 23.4 Å². The van der Waals surface area contributed by atoms with Crippen molar-refractivity contribution in [2.75, 3.05) is 13.2 Å². The van der Waals surface area contributed by atoms with Crippen molar-refractivity contribution in [2.24, 2.45) is 0 Å². The summed E-state index contributed by atoms with van der Waals surface area (Å²) in [7, 11) is 0. The van der Waals surface area contributed by atoms with Gasteiger partial charge >= 0.3 is 6.18 Å². The number of rotatable bonds is 7. The Bertz CT molecular complexity index is 1030. The molecule has 2 N–H and O–H groups in total. The number of aryl methyl sites for hydroxylation is 1. The van der Waals surface area contributed by atoms with E-state index < -0.39 is 30.8 Å². The van der Waals surface area contributed by atoms with E-state index in [4.69, 9.17) is 9.84 Å². The van der Waals surface area contributed by atoms with Crippen molar-refractivity contribution in [1.82, 2.24) is 20.2 Å². The van der Waals surface area contributed by atoms with Gasteiger partial charge in [0, 0.05) is 41.7 Å². The Morgan fingerprint density at radius 2 is 2.06 bits per heavy atom. The van der Waals surface area contributed by atoms with E-state index in [9.17, 15) is 22.8 Å². The molecule has 3 rings (SSSR count). The molecular weight excluding hydrogens is 429 g/mol. The number of carbonyl (C=O) groups is 2. The van der Waals surface area contributed by atoms with E-state index in [-0.39, 0.29) is 30.6 Å². The molecule has 1 aliphatic rings. The number of alkyl halides is 3. The molecule has 8 nitrogen and oxygen atoms in total. The average Bonchev–Trinajstić information content (AvgIpc) is 3.08. The highest BCUT2D eigenvalue weighted by Crippen LogP contribution is 2.33. The number of carbonyl (C=O) groups excluding carboxylic acids is 2. The number of nitrogens with one attached hydrogen (secondary N) is 1. The molecule has 2 aromatic heterocycles. The van der Waals surface area contributed by atoms with Gasteiger partial charge in [-0.3, -0.25) is 14.6 Å². The maximum Gasteiger partial charge on any atom is 0.422 e. The van der Waals surface area contributed by atoms with Gasteiger partial charge in [-0.15, -0.1) is 0 Å². The third kappa shape index (κ3) is 4.98. The van der Waals surface area contributed by atoms with Gasteiger partial charge in [0.2, 0.25) is 5.88 Å². The highest BCUT2D eigenvalue weighted by molar-refractivity contribution is 6.03. The summed E-state index contributed by atoms with van der Waals surface area (Å²) in [6.45, 7) is 3.42. The Labute approximate surface area is 182 Å². The maximum absolute atomic E-state index is 13.0. The molecule has 2 amide bonds.